The van der Waals surface area contributed by atoms with Crippen molar-refractivity contribution in [3.05, 3.63) is 35.4 Å². The lowest BCUT2D eigenvalue weighted by molar-refractivity contribution is -0.129. The number of fused-ring (bicyclic) bond motifs is 1. The van der Waals surface area contributed by atoms with Gasteiger partial charge >= 0.3 is 0 Å². The lowest BCUT2D eigenvalue weighted by Gasteiger charge is -2.30. The molecule has 1 aromatic carbocycles. The van der Waals surface area contributed by atoms with Crippen molar-refractivity contribution in [2.75, 3.05) is 13.2 Å². The zero-order valence-corrected chi connectivity index (χ0v) is 11.4. The van der Waals surface area contributed by atoms with Gasteiger partial charge in [-0.25, -0.2) is 0 Å². The first-order chi connectivity index (χ1) is 9.70. The van der Waals surface area contributed by atoms with Crippen LogP contribution >= 0.6 is 0 Å². The summed E-state index contributed by atoms with van der Waals surface area (Å²) in [6.07, 6.45) is 3.36. The largest absolute Gasteiger partial charge is 0.396 e. The predicted octanol–water partition coefficient (Wildman–Crippen LogP) is 1.62. The standard InChI is InChI=1S/C16H19NO3/c18-10-13-6-3-5-12(13)9-17-15(19)8-11-4-1-2-7-14(11)16(17)20/h1-2,4,7,12-13,18H,3,5-6,8-10H2. The Morgan fingerprint density at radius 2 is 1.90 bits per heavy atom. The molecule has 4 heteroatoms. The van der Waals surface area contributed by atoms with Gasteiger partial charge in [-0.05, 0) is 36.3 Å². The van der Waals surface area contributed by atoms with Gasteiger partial charge in [-0.15, -0.1) is 0 Å². The van der Waals surface area contributed by atoms with Crippen molar-refractivity contribution in [2.24, 2.45) is 11.8 Å². The number of aliphatic hydroxyl groups excluding tert-OH is 1. The molecule has 1 saturated carbocycles. The first-order valence-corrected chi connectivity index (χ1v) is 7.24. The summed E-state index contributed by atoms with van der Waals surface area (Å²) < 4.78 is 0. The highest BCUT2D eigenvalue weighted by atomic mass is 16.3. The fourth-order valence-corrected chi connectivity index (χ4v) is 3.41. The summed E-state index contributed by atoms with van der Waals surface area (Å²) in [5.74, 6) is 0.184. The molecule has 106 valence electrons. The Morgan fingerprint density at radius 3 is 2.70 bits per heavy atom. The minimum atomic E-state index is -0.180. The summed E-state index contributed by atoms with van der Waals surface area (Å²) in [5.41, 5.74) is 1.47. The van der Waals surface area contributed by atoms with Crippen LogP contribution in [0.4, 0.5) is 0 Å². The maximum atomic E-state index is 12.5. The number of hydrogen-bond acceptors (Lipinski definition) is 3. The summed E-state index contributed by atoms with van der Waals surface area (Å²) in [5, 5.41) is 9.37. The molecule has 3 rings (SSSR count). The normalized spacial score (nSPS) is 25.9. The summed E-state index contributed by atoms with van der Waals surface area (Å²) in [6, 6.07) is 7.31. The molecule has 2 amide bonds. The maximum Gasteiger partial charge on any atom is 0.260 e. The highest BCUT2D eigenvalue weighted by molar-refractivity contribution is 6.09. The van der Waals surface area contributed by atoms with E-state index in [0.29, 0.717) is 18.5 Å². The second kappa shape index (κ2) is 5.37. The SMILES string of the molecule is O=C1Cc2ccccc2C(=O)N1CC1CCCC1CO. The number of imide groups is 1. The molecular weight excluding hydrogens is 254 g/mol. The number of rotatable bonds is 3. The molecule has 2 unspecified atom stereocenters. The zero-order chi connectivity index (χ0) is 14.1. The van der Waals surface area contributed by atoms with E-state index in [1.807, 2.05) is 18.2 Å². The third kappa shape index (κ3) is 2.24. The number of nitrogens with zero attached hydrogens (tertiary/aromatic N) is 1. The van der Waals surface area contributed by atoms with Gasteiger partial charge in [-0.3, -0.25) is 14.5 Å². The Morgan fingerprint density at radius 1 is 1.15 bits per heavy atom. The van der Waals surface area contributed by atoms with Crippen LogP contribution in [0.25, 0.3) is 0 Å². The summed E-state index contributed by atoms with van der Waals surface area (Å²) in [7, 11) is 0. The molecule has 1 aliphatic heterocycles. The molecule has 1 N–H and O–H groups in total. The molecular formula is C16H19NO3. The Hall–Kier alpha value is -1.68. The Bertz CT molecular complexity index is 540. The van der Waals surface area contributed by atoms with E-state index >= 15 is 0 Å². The van der Waals surface area contributed by atoms with Crippen molar-refractivity contribution in [3.8, 4) is 0 Å². The zero-order valence-electron chi connectivity index (χ0n) is 11.4. The third-order valence-corrected chi connectivity index (χ3v) is 4.60. The number of carbonyl (C=O) groups is 2. The molecule has 1 heterocycles. The predicted molar refractivity (Wildman–Crippen MR) is 74.1 cm³/mol. The van der Waals surface area contributed by atoms with E-state index in [9.17, 15) is 14.7 Å². The fraction of sp³-hybridized carbons (Fsp3) is 0.500. The fourth-order valence-electron chi connectivity index (χ4n) is 3.41. The number of aliphatic hydroxyl groups is 1. The van der Waals surface area contributed by atoms with Crippen LogP contribution in [0, 0.1) is 11.8 Å². The molecule has 0 radical (unpaired) electrons. The number of carbonyl (C=O) groups excluding carboxylic acids is 2. The van der Waals surface area contributed by atoms with E-state index in [-0.39, 0.29) is 30.3 Å². The minimum absolute atomic E-state index is 0.114. The molecule has 2 atom stereocenters. The van der Waals surface area contributed by atoms with Crippen LogP contribution in [0.15, 0.2) is 24.3 Å². The quantitative estimate of drug-likeness (QED) is 0.851. The first kappa shape index (κ1) is 13.3. The van der Waals surface area contributed by atoms with E-state index in [1.165, 1.54) is 4.90 Å². The number of benzene rings is 1. The van der Waals surface area contributed by atoms with E-state index in [1.54, 1.807) is 6.07 Å². The molecule has 0 aromatic heterocycles. The van der Waals surface area contributed by atoms with Crippen molar-refractivity contribution >= 4 is 11.8 Å². The van der Waals surface area contributed by atoms with Gasteiger partial charge in [0.1, 0.15) is 0 Å². The van der Waals surface area contributed by atoms with E-state index < -0.39 is 0 Å². The molecule has 0 saturated heterocycles. The van der Waals surface area contributed by atoms with Crippen LogP contribution in [0.5, 0.6) is 0 Å². The topological polar surface area (TPSA) is 57.6 Å². The van der Waals surface area contributed by atoms with E-state index in [2.05, 4.69) is 0 Å². The average molecular weight is 273 g/mol. The van der Waals surface area contributed by atoms with Crippen molar-refractivity contribution in [1.29, 1.82) is 0 Å². The first-order valence-electron chi connectivity index (χ1n) is 7.24. The van der Waals surface area contributed by atoms with Crippen LogP contribution in [0.2, 0.25) is 0 Å². The highest BCUT2D eigenvalue weighted by Gasteiger charge is 2.35. The molecule has 0 spiro atoms. The van der Waals surface area contributed by atoms with Gasteiger partial charge in [-0.2, -0.15) is 0 Å². The van der Waals surface area contributed by atoms with E-state index in [0.717, 1.165) is 24.8 Å². The van der Waals surface area contributed by atoms with Gasteiger partial charge < -0.3 is 5.11 Å². The summed E-state index contributed by atoms with van der Waals surface area (Å²) >= 11 is 0. The highest BCUT2D eigenvalue weighted by Crippen LogP contribution is 2.33. The summed E-state index contributed by atoms with van der Waals surface area (Å²) in [4.78, 5) is 26.0. The molecule has 4 nitrogen and oxygen atoms in total. The lowest BCUT2D eigenvalue weighted by atomic mass is 9.93. The second-order valence-corrected chi connectivity index (χ2v) is 5.78. The van der Waals surface area contributed by atoms with Gasteiger partial charge in [0.25, 0.3) is 5.91 Å². The second-order valence-electron chi connectivity index (χ2n) is 5.78. The molecule has 2 aliphatic rings. The smallest absolute Gasteiger partial charge is 0.260 e. The van der Waals surface area contributed by atoms with Crippen LogP contribution in [-0.4, -0.2) is 35.0 Å². The van der Waals surface area contributed by atoms with Crippen molar-refractivity contribution in [2.45, 2.75) is 25.7 Å². The summed E-state index contributed by atoms with van der Waals surface area (Å²) in [6.45, 7) is 0.606. The molecule has 1 aliphatic carbocycles. The van der Waals surface area contributed by atoms with Gasteiger partial charge in [-0.1, -0.05) is 24.6 Å². The molecule has 0 bridgehead atoms. The molecule has 20 heavy (non-hydrogen) atoms. The lowest BCUT2D eigenvalue weighted by Crippen LogP contribution is -2.45. The van der Waals surface area contributed by atoms with Gasteiger partial charge in [0.2, 0.25) is 5.91 Å². The van der Waals surface area contributed by atoms with E-state index in [4.69, 9.17) is 0 Å². The Labute approximate surface area is 118 Å². The third-order valence-electron chi connectivity index (χ3n) is 4.60. The minimum Gasteiger partial charge on any atom is -0.396 e. The van der Waals surface area contributed by atoms with Crippen LogP contribution in [0.3, 0.4) is 0 Å². The molecule has 1 fully saturated rings. The van der Waals surface area contributed by atoms with Crippen LogP contribution < -0.4 is 0 Å². The van der Waals surface area contributed by atoms with Crippen LogP contribution in [-0.2, 0) is 11.2 Å². The Balaban J connectivity index is 1.81. The Kier molecular flexibility index (Phi) is 3.57. The number of amides is 2. The van der Waals surface area contributed by atoms with Crippen molar-refractivity contribution < 1.29 is 14.7 Å². The maximum absolute atomic E-state index is 12.5. The van der Waals surface area contributed by atoms with Gasteiger partial charge in [0.15, 0.2) is 0 Å². The van der Waals surface area contributed by atoms with Crippen molar-refractivity contribution in [3.63, 3.8) is 0 Å². The number of hydrogen-bond donors (Lipinski definition) is 1. The monoisotopic (exact) mass is 273 g/mol. The molecule has 1 aromatic rings. The van der Waals surface area contributed by atoms with Crippen LogP contribution in [0.1, 0.15) is 35.2 Å². The van der Waals surface area contributed by atoms with Gasteiger partial charge in [0, 0.05) is 18.7 Å². The van der Waals surface area contributed by atoms with Gasteiger partial charge in [0.05, 0.1) is 6.42 Å². The average Bonchev–Trinajstić information content (AvgIpc) is 2.90. The van der Waals surface area contributed by atoms with Crippen molar-refractivity contribution in [1.82, 2.24) is 4.90 Å².